The SMILES string of the molecule is Cc1n[nH]c(C)c1S(=O)(=O)N1CCC(N=C=O)CC1C. The van der Waals surface area contributed by atoms with Gasteiger partial charge in [0.2, 0.25) is 16.1 Å². The molecular formula is C12H18N4O3S. The van der Waals surface area contributed by atoms with Gasteiger partial charge in [-0.25, -0.2) is 18.2 Å². The molecule has 0 aromatic carbocycles. The summed E-state index contributed by atoms with van der Waals surface area (Å²) < 4.78 is 26.9. The van der Waals surface area contributed by atoms with Crippen molar-refractivity contribution in [3.63, 3.8) is 0 Å². The second-order valence-electron chi connectivity index (χ2n) is 5.13. The number of aromatic amines is 1. The van der Waals surface area contributed by atoms with E-state index >= 15 is 0 Å². The summed E-state index contributed by atoms with van der Waals surface area (Å²) in [7, 11) is -3.57. The summed E-state index contributed by atoms with van der Waals surface area (Å²) in [6.07, 6.45) is 2.62. The Kier molecular flexibility index (Phi) is 4.08. The quantitative estimate of drug-likeness (QED) is 0.662. The highest BCUT2D eigenvalue weighted by molar-refractivity contribution is 7.89. The van der Waals surface area contributed by atoms with Crippen molar-refractivity contribution in [1.29, 1.82) is 0 Å². The molecule has 110 valence electrons. The zero-order chi connectivity index (χ0) is 14.9. The fraction of sp³-hybridized carbons (Fsp3) is 0.667. The maximum atomic E-state index is 12.7. The normalized spacial score (nSPS) is 24.4. The van der Waals surface area contributed by atoms with E-state index in [-0.39, 0.29) is 17.0 Å². The number of sulfonamides is 1. The first kappa shape index (κ1) is 14.9. The summed E-state index contributed by atoms with van der Waals surface area (Å²) in [6.45, 7) is 5.55. The van der Waals surface area contributed by atoms with E-state index in [0.29, 0.717) is 30.8 Å². The van der Waals surface area contributed by atoms with Gasteiger partial charge in [-0.1, -0.05) is 0 Å². The highest BCUT2D eigenvalue weighted by Crippen LogP contribution is 2.28. The molecule has 0 radical (unpaired) electrons. The monoisotopic (exact) mass is 298 g/mol. The highest BCUT2D eigenvalue weighted by atomic mass is 32.2. The highest BCUT2D eigenvalue weighted by Gasteiger charge is 2.36. The number of nitrogens with one attached hydrogen (secondary N) is 1. The second kappa shape index (κ2) is 5.47. The fourth-order valence-corrected chi connectivity index (χ4v) is 4.70. The van der Waals surface area contributed by atoms with Crippen LogP contribution in [0.15, 0.2) is 9.89 Å². The zero-order valence-corrected chi connectivity index (χ0v) is 12.6. The topological polar surface area (TPSA) is 95.5 Å². The van der Waals surface area contributed by atoms with E-state index < -0.39 is 10.0 Å². The van der Waals surface area contributed by atoms with Gasteiger partial charge in [0.15, 0.2) is 0 Å². The maximum Gasteiger partial charge on any atom is 0.246 e. The average Bonchev–Trinajstić information content (AvgIpc) is 2.69. The van der Waals surface area contributed by atoms with Crippen molar-refractivity contribution in [2.45, 2.75) is 50.6 Å². The van der Waals surface area contributed by atoms with Crippen molar-refractivity contribution in [3.05, 3.63) is 11.4 Å². The van der Waals surface area contributed by atoms with Crippen LogP contribution in [0, 0.1) is 13.8 Å². The molecule has 2 atom stereocenters. The van der Waals surface area contributed by atoms with Crippen LogP contribution in [0.25, 0.3) is 0 Å². The van der Waals surface area contributed by atoms with Crippen molar-refractivity contribution in [2.75, 3.05) is 6.54 Å². The molecule has 0 amide bonds. The van der Waals surface area contributed by atoms with Gasteiger partial charge in [-0.05, 0) is 33.6 Å². The number of isocyanates is 1. The molecule has 0 saturated carbocycles. The summed E-state index contributed by atoms with van der Waals surface area (Å²) in [6, 6.07) is -0.343. The van der Waals surface area contributed by atoms with E-state index in [1.807, 2.05) is 6.92 Å². The minimum atomic E-state index is -3.57. The first-order chi connectivity index (χ1) is 9.37. The predicted molar refractivity (Wildman–Crippen MR) is 72.6 cm³/mol. The van der Waals surface area contributed by atoms with Gasteiger partial charge in [0.1, 0.15) is 4.90 Å². The number of nitrogens with zero attached hydrogens (tertiary/aromatic N) is 3. The van der Waals surface area contributed by atoms with Crippen LogP contribution in [0.3, 0.4) is 0 Å². The largest absolute Gasteiger partial charge is 0.281 e. The minimum Gasteiger partial charge on any atom is -0.281 e. The van der Waals surface area contributed by atoms with E-state index in [0.717, 1.165) is 0 Å². The molecule has 0 spiro atoms. The van der Waals surface area contributed by atoms with Gasteiger partial charge in [-0.3, -0.25) is 5.10 Å². The lowest BCUT2D eigenvalue weighted by Crippen LogP contribution is -2.45. The first-order valence-electron chi connectivity index (χ1n) is 6.48. The van der Waals surface area contributed by atoms with Gasteiger partial charge in [-0.2, -0.15) is 9.40 Å². The molecule has 0 bridgehead atoms. The Morgan fingerprint density at radius 3 is 2.65 bits per heavy atom. The molecule has 2 rings (SSSR count). The molecule has 1 aliphatic rings. The van der Waals surface area contributed by atoms with Crippen LogP contribution in [0.5, 0.6) is 0 Å². The molecule has 1 saturated heterocycles. The molecule has 8 heteroatoms. The van der Waals surface area contributed by atoms with Crippen LogP contribution in [0.2, 0.25) is 0 Å². The molecule has 1 aromatic rings. The van der Waals surface area contributed by atoms with Crippen LogP contribution in [0.4, 0.5) is 0 Å². The Balaban J connectivity index is 2.30. The summed E-state index contributed by atoms with van der Waals surface area (Å²) in [5, 5.41) is 6.65. The number of rotatable bonds is 3. The van der Waals surface area contributed by atoms with Gasteiger partial charge in [0.25, 0.3) is 0 Å². The summed E-state index contributed by atoms with van der Waals surface area (Å²) in [5.41, 5.74) is 1.02. The summed E-state index contributed by atoms with van der Waals surface area (Å²) in [4.78, 5) is 14.3. The van der Waals surface area contributed by atoms with Gasteiger partial charge >= 0.3 is 0 Å². The molecule has 2 heterocycles. The van der Waals surface area contributed by atoms with Crippen LogP contribution in [-0.4, -0.2) is 47.6 Å². The predicted octanol–water partition coefficient (Wildman–Crippen LogP) is 0.904. The summed E-state index contributed by atoms with van der Waals surface area (Å²) >= 11 is 0. The van der Waals surface area contributed by atoms with Crippen molar-refractivity contribution in [2.24, 2.45) is 4.99 Å². The minimum absolute atomic E-state index is 0.138. The van der Waals surface area contributed by atoms with Crippen LogP contribution < -0.4 is 0 Å². The van der Waals surface area contributed by atoms with Gasteiger partial charge < -0.3 is 0 Å². The molecule has 7 nitrogen and oxygen atoms in total. The Hall–Kier alpha value is -1.50. The number of H-pyrrole nitrogens is 1. The first-order valence-corrected chi connectivity index (χ1v) is 7.92. The van der Waals surface area contributed by atoms with Crippen molar-refractivity contribution in [3.8, 4) is 0 Å². The number of aromatic nitrogens is 2. The smallest absolute Gasteiger partial charge is 0.246 e. The third-order valence-corrected chi connectivity index (χ3v) is 5.93. The lowest BCUT2D eigenvalue weighted by molar-refractivity contribution is 0.248. The maximum absolute atomic E-state index is 12.7. The molecule has 2 unspecified atom stereocenters. The zero-order valence-electron chi connectivity index (χ0n) is 11.8. The third kappa shape index (κ3) is 2.54. The van der Waals surface area contributed by atoms with E-state index in [9.17, 15) is 13.2 Å². The van der Waals surface area contributed by atoms with E-state index in [1.165, 1.54) is 4.31 Å². The number of aliphatic imine (C=N–C) groups is 1. The summed E-state index contributed by atoms with van der Waals surface area (Å²) in [5.74, 6) is 0. The standard InChI is InChI=1S/C12H18N4O3S/c1-8-6-11(13-7-17)4-5-16(8)20(18,19)12-9(2)14-15-10(12)3/h8,11H,4-6H2,1-3H3,(H,14,15). The molecular weight excluding hydrogens is 280 g/mol. The lowest BCUT2D eigenvalue weighted by atomic mass is 10.0. The Morgan fingerprint density at radius 2 is 2.15 bits per heavy atom. The van der Waals surface area contributed by atoms with E-state index in [2.05, 4.69) is 15.2 Å². The Morgan fingerprint density at radius 1 is 1.45 bits per heavy atom. The van der Waals surface area contributed by atoms with E-state index in [4.69, 9.17) is 0 Å². The second-order valence-corrected chi connectivity index (χ2v) is 6.95. The fourth-order valence-electron chi connectivity index (χ4n) is 2.71. The molecule has 1 N–H and O–H groups in total. The van der Waals surface area contributed by atoms with E-state index in [1.54, 1.807) is 19.9 Å². The molecule has 20 heavy (non-hydrogen) atoms. The number of hydrogen-bond acceptors (Lipinski definition) is 5. The van der Waals surface area contributed by atoms with Gasteiger partial charge in [0, 0.05) is 12.6 Å². The van der Waals surface area contributed by atoms with Crippen LogP contribution in [0.1, 0.15) is 31.2 Å². The molecule has 1 aliphatic heterocycles. The number of carbonyl (C=O) groups excluding carboxylic acids is 1. The lowest BCUT2D eigenvalue weighted by Gasteiger charge is -2.34. The average molecular weight is 298 g/mol. The molecule has 0 aliphatic carbocycles. The molecule has 1 fully saturated rings. The van der Waals surface area contributed by atoms with Crippen molar-refractivity contribution in [1.82, 2.24) is 14.5 Å². The number of aryl methyl sites for hydroxylation is 2. The van der Waals surface area contributed by atoms with Crippen molar-refractivity contribution >= 4 is 16.1 Å². The van der Waals surface area contributed by atoms with Gasteiger partial charge in [0.05, 0.1) is 17.4 Å². The van der Waals surface area contributed by atoms with Crippen LogP contribution in [-0.2, 0) is 14.8 Å². The van der Waals surface area contributed by atoms with Crippen molar-refractivity contribution < 1.29 is 13.2 Å². The Bertz CT molecular complexity index is 626. The third-order valence-electron chi connectivity index (χ3n) is 3.65. The number of hydrogen-bond donors (Lipinski definition) is 1. The van der Waals surface area contributed by atoms with Gasteiger partial charge in [-0.15, -0.1) is 0 Å². The Labute approximate surface area is 118 Å². The molecule has 1 aromatic heterocycles. The van der Waals surface area contributed by atoms with Crippen LogP contribution >= 0.6 is 0 Å². The number of piperidine rings is 1.